The van der Waals surface area contributed by atoms with E-state index in [0.717, 1.165) is 51.4 Å². The van der Waals surface area contributed by atoms with Crippen LogP contribution >= 0.6 is 0 Å². The van der Waals surface area contributed by atoms with Gasteiger partial charge in [-0.1, -0.05) is 60.1 Å². The van der Waals surface area contributed by atoms with Gasteiger partial charge in [0.2, 0.25) is 0 Å². The second-order valence-corrected chi connectivity index (χ2v) is 15.7. The van der Waals surface area contributed by atoms with E-state index in [9.17, 15) is 15.0 Å². The van der Waals surface area contributed by atoms with Gasteiger partial charge in [-0.25, -0.2) is 0 Å². The molecule has 0 amide bonds. The van der Waals surface area contributed by atoms with Crippen molar-refractivity contribution in [3.63, 3.8) is 0 Å². The second kappa shape index (κ2) is 8.07. The maximum Gasteiger partial charge on any atom is 0.302 e. The summed E-state index contributed by atoms with van der Waals surface area (Å²) in [6.07, 6.45) is 11.8. The molecule has 4 saturated carbocycles. The number of rotatable bonds is 2. The molecule has 0 aromatic rings. The van der Waals surface area contributed by atoms with Crippen molar-refractivity contribution in [3.05, 3.63) is 11.6 Å². The van der Waals surface area contributed by atoms with E-state index in [0.29, 0.717) is 17.8 Å². The van der Waals surface area contributed by atoms with Crippen molar-refractivity contribution >= 4 is 5.97 Å². The van der Waals surface area contributed by atoms with Crippen molar-refractivity contribution in [2.45, 2.75) is 125 Å². The molecule has 0 bridgehead atoms. The molecule has 0 spiro atoms. The molecule has 0 radical (unpaired) electrons. The first-order chi connectivity index (χ1) is 16.6. The number of carbonyl (C=O) groups excluding carboxylic acids is 1. The first-order valence-corrected chi connectivity index (χ1v) is 14.7. The van der Waals surface area contributed by atoms with Crippen LogP contribution in [0.25, 0.3) is 0 Å². The smallest absolute Gasteiger partial charge is 0.302 e. The van der Waals surface area contributed by atoms with Crippen LogP contribution in [-0.2, 0) is 9.53 Å². The van der Waals surface area contributed by atoms with Crippen LogP contribution in [0.1, 0.15) is 113 Å². The molecule has 0 heterocycles. The van der Waals surface area contributed by atoms with Gasteiger partial charge >= 0.3 is 5.97 Å². The number of hydrogen-bond acceptors (Lipinski definition) is 4. The molecule has 4 nitrogen and oxygen atoms in total. The van der Waals surface area contributed by atoms with E-state index in [2.05, 4.69) is 54.5 Å². The van der Waals surface area contributed by atoms with Gasteiger partial charge in [0.25, 0.3) is 0 Å². The van der Waals surface area contributed by atoms with Gasteiger partial charge in [0.1, 0.15) is 6.10 Å². The van der Waals surface area contributed by atoms with Crippen LogP contribution in [0.2, 0.25) is 0 Å². The minimum Gasteiger partial charge on any atom is -0.462 e. The molecular formula is C32H52O4. The highest BCUT2D eigenvalue weighted by Crippen LogP contribution is 2.75. The minimum absolute atomic E-state index is 0.0112. The Morgan fingerprint density at radius 2 is 1.64 bits per heavy atom. The molecule has 2 N–H and O–H groups in total. The van der Waals surface area contributed by atoms with Crippen LogP contribution in [-0.4, -0.2) is 35.0 Å². The monoisotopic (exact) mass is 500 g/mol. The second-order valence-electron chi connectivity index (χ2n) is 15.7. The predicted octanol–water partition coefficient (Wildman–Crippen LogP) is 6.68. The molecule has 204 valence electrons. The molecule has 10 atom stereocenters. The lowest BCUT2D eigenvalue weighted by Gasteiger charge is -2.71. The van der Waals surface area contributed by atoms with Gasteiger partial charge in [-0.15, -0.1) is 0 Å². The summed E-state index contributed by atoms with van der Waals surface area (Å²) in [5, 5.41) is 22.0. The molecular weight excluding hydrogens is 448 g/mol. The fourth-order valence-corrected chi connectivity index (χ4v) is 11.1. The Balaban J connectivity index is 1.55. The summed E-state index contributed by atoms with van der Waals surface area (Å²) in [5.74, 6) is 1.12. The van der Waals surface area contributed by atoms with Crippen molar-refractivity contribution < 1.29 is 19.7 Å². The SMILES string of the molecule is CC(=O)O[C@H]1CC[C@@]2(C)C(CC[C@]3(C)[C@@H]2CC=C2[C@H]4CC(C)(C)C[C@@H](O)[C@]4(C)CC[C@]23C)[C@]1(C)CO. The maximum atomic E-state index is 11.9. The van der Waals surface area contributed by atoms with Crippen molar-refractivity contribution in [1.82, 2.24) is 0 Å². The quantitative estimate of drug-likeness (QED) is 0.328. The fourth-order valence-electron chi connectivity index (χ4n) is 11.1. The molecule has 5 rings (SSSR count). The fraction of sp³-hybridized carbons (Fsp3) is 0.906. The van der Waals surface area contributed by atoms with Crippen molar-refractivity contribution in [2.75, 3.05) is 6.61 Å². The third kappa shape index (κ3) is 3.34. The third-order valence-corrected chi connectivity index (χ3v) is 13.5. The molecule has 0 aromatic heterocycles. The summed E-state index contributed by atoms with van der Waals surface area (Å²) in [6, 6.07) is 0. The lowest BCUT2D eigenvalue weighted by atomic mass is 9.33. The number of fused-ring (bicyclic) bond motifs is 7. The lowest BCUT2D eigenvalue weighted by molar-refractivity contribution is -0.225. The van der Waals surface area contributed by atoms with E-state index >= 15 is 0 Å². The average Bonchev–Trinajstić information content (AvgIpc) is 2.77. The van der Waals surface area contributed by atoms with E-state index in [-0.39, 0.29) is 51.9 Å². The van der Waals surface area contributed by atoms with Crippen LogP contribution in [0.5, 0.6) is 0 Å². The molecule has 0 saturated heterocycles. The molecule has 5 aliphatic rings. The summed E-state index contributed by atoms with van der Waals surface area (Å²) >= 11 is 0. The number of carbonyl (C=O) groups is 1. The summed E-state index contributed by atoms with van der Waals surface area (Å²) < 4.78 is 5.82. The van der Waals surface area contributed by atoms with Crippen molar-refractivity contribution in [1.29, 1.82) is 0 Å². The summed E-state index contributed by atoms with van der Waals surface area (Å²) in [7, 11) is 0. The number of aliphatic hydroxyl groups is 2. The van der Waals surface area contributed by atoms with Gasteiger partial charge in [0, 0.05) is 17.8 Å². The Morgan fingerprint density at radius 3 is 2.28 bits per heavy atom. The highest BCUT2D eigenvalue weighted by molar-refractivity contribution is 5.66. The molecule has 4 heteroatoms. The van der Waals surface area contributed by atoms with Gasteiger partial charge in [0.15, 0.2) is 0 Å². The Labute approximate surface area is 219 Å². The summed E-state index contributed by atoms with van der Waals surface area (Å²) in [6.45, 7) is 18.5. The third-order valence-electron chi connectivity index (χ3n) is 13.5. The van der Waals surface area contributed by atoms with E-state index in [1.54, 1.807) is 5.57 Å². The van der Waals surface area contributed by atoms with Gasteiger partial charge in [-0.3, -0.25) is 4.79 Å². The topological polar surface area (TPSA) is 66.8 Å². The number of hydrogen-bond donors (Lipinski definition) is 2. The number of allylic oxidation sites excluding steroid dienone is 2. The van der Waals surface area contributed by atoms with Crippen LogP contribution in [0.3, 0.4) is 0 Å². The van der Waals surface area contributed by atoms with Gasteiger partial charge in [-0.2, -0.15) is 0 Å². The minimum atomic E-state index is -0.395. The zero-order valence-electron chi connectivity index (χ0n) is 24.2. The lowest BCUT2D eigenvalue weighted by Crippen LogP contribution is -2.66. The van der Waals surface area contributed by atoms with Crippen molar-refractivity contribution in [3.8, 4) is 0 Å². The highest BCUT2D eigenvalue weighted by atomic mass is 16.5. The number of ether oxygens (including phenoxy) is 1. The van der Waals surface area contributed by atoms with E-state index in [1.165, 1.54) is 13.3 Å². The van der Waals surface area contributed by atoms with E-state index in [4.69, 9.17) is 4.74 Å². The van der Waals surface area contributed by atoms with Gasteiger partial charge in [-0.05, 0) is 97.2 Å². The first-order valence-electron chi connectivity index (χ1n) is 14.7. The standard InChI is InChI=1S/C32H52O4/c1-20(34)36-26-12-13-29(5)23(30(26,6)19-33)11-14-32(8)24(29)10-9-21-22-17-27(2,3)18-25(35)28(22,4)15-16-31(21,32)7/h9,22-26,33,35H,10-19H2,1-8H3/t22-,23?,24-,25-,26+,28-,29+,30+,31-,32-/m1/s1. The Hall–Kier alpha value is -0.870. The normalized spacial score (nSPS) is 53.7. The van der Waals surface area contributed by atoms with Crippen LogP contribution in [0.15, 0.2) is 11.6 Å². The Morgan fingerprint density at radius 1 is 0.944 bits per heavy atom. The Bertz CT molecular complexity index is 954. The largest absolute Gasteiger partial charge is 0.462 e. The van der Waals surface area contributed by atoms with Crippen LogP contribution < -0.4 is 0 Å². The highest BCUT2D eigenvalue weighted by Gasteiger charge is 2.69. The van der Waals surface area contributed by atoms with Gasteiger partial charge < -0.3 is 14.9 Å². The maximum absolute atomic E-state index is 11.9. The summed E-state index contributed by atoms with van der Waals surface area (Å²) in [5.41, 5.74) is 1.86. The first kappa shape index (κ1) is 26.7. The molecule has 5 aliphatic carbocycles. The van der Waals surface area contributed by atoms with E-state index in [1.807, 2.05) is 0 Å². The molecule has 1 unspecified atom stereocenters. The molecule has 36 heavy (non-hydrogen) atoms. The van der Waals surface area contributed by atoms with Gasteiger partial charge in [0.05, 0.1) is 12.7 Å². The number of esters is 1. The molecule has 0 aromatic carbocycles. The zero-order valence-corrected chi connectivity index (χ0v) is 24.2. The number of aliphatic hydroxyl groups excluding tert-OH is 2. The van der Waals surface area contributed by atoms with Crippen LogP contribution in [0, 0.1) is 50.2 Å². The zero-order chi connectivity index (χ0) is 26.5. The Kier molecular flexibility index (Phi) is 5.99. The van der Waals surface area contributed by atoms with E-state index < -0.39 is 5.41 Å². The predicted molar refractivity (Wildman–Crippen MR) is 143 cm³/mol. The van der Waals surface area contributed by atoms with Crippen molar-refractivity contribution in [2.24, 2.45) is 50.2 Å². The average molecular weight is 501 g/mol. The van der Waals surface area contributed by atoms with Crippen LogP contribution in [0.4, 0.5) is 0 Å². The molecule has 4 fully saturated rings. The summed E-state index contributed by atoms with van der Waals surface area (Å²) in [4.78, 5) is 11.9. The molecule has 0 aliphatic heterocycles.